The average molecular weight is 369 g/mol. The molecule has 0 heterocycles. The van der Waals surface area contributed by atoms with Crippen molar-refractivity contribution in [3.8, 4) is 0 Å². The number of hydrogen-bond donors (Lipinski definition) is 2. The molecule has 136 valence electrons. The van der Waals surface area contributed by atoms with E-state index in [0.29, 0.717) is 5.56 Å². The minimum absolute atomic E-state index is 0. The predicted molar refractivity (Wildman–Crippen MR) is 106 cm³/mol. The summed E-state index contributed by atoms with van der Waals surface area (Å²) in [4.78, 5) is 0.265. The molecule has 0 aliphatic carbocycles. The van der Waals surface area contributed by atoms with Crippen LogP contribution in [0.5, 0.6) is 0 Å². The summed E-state index contributed by atoms with van der Waals surface area (Å²) in [6.07, 6.45) is 0. The first-order valence-corrected chi connectivity index (χ1v) is 9.91. The Labute approximate surface area is 156 Å². The van der Waals surface area contributed by atoms with Crippen LogP contribution in [-0.2, 0) is 10.0 Å². The van der Waals surface area contributed by atoms with Gasteiger partial charge in [0.15, 0.2) is 0 Å². The smallest absolute Gasteiger partial charge is 0.241 e. The molecule has 0 fully saturated rings. The van der Waals surface area contributed by atoms with Gasteiger partial charge in [0.25, 0.3) is 0 Å². The van der Waals surface area contributed by atoms with Crippen molar-refractivity contribution in [1.29, 1.82) is 0 Å². The Balaban J connectivity index is 0.00000261. The molecule has 0 aliphatic heterocycles. The molecule has 0 spiro atoms. The fourth-order valence-electron chi connectivity index (χ4n) is 2.97. The summed E-state index contributed by atoms with van der Waals surface area (Å²) in [5.74, 6) is 0. The molecular formula is C21H24N2O2S. The lowest BCUT2D eigenvalue weighted by Gasteiger charge is -2.26. The zero-order valence-corrected chi connectivity index (χ0v) is 15.4. The first kappa shape index (κ1) is 18.3. The second-order valence-electron chi connectivity index (χ2n) is 6.21. The summed E-state index contributed by atoms with van der Waals surface area (Å²) in [5.41, 5.74) is 8.85. The van der Waals surface area contributed by atoms with Crippen molar-refractivity contribution in [3.05, 3.63) is 102 Å². The predicted octanol–water partition coefficient (Wildman–Crippen LogP) is 3.96. The average Bonchev–Trinajstić information content (AvgIpc) is 2.67. The first-order chi connectivity index (χ1) is 12.5. The third kappa shape index (κ3) is 4.02. The lowest BCUT2D eigenvalue weighted by molar-refractivity contribution is 0.503. The first-order valence-electron chi connectivity index (χ1n) is 8.42. The molecule has 2 atom stereocenters. The van der Waals surface area contributed by atoms with E-state index < -0.39 is 22.1 Å². The van der Waals surface area contributed by atoms with E-state index in [1.165, 1.54) is 0 Å². The summed E-state index contributed by atoms with van der Waals surface area (Å²) in [6, 6.07) is 24.7. The molecule has 0 aliphatic rings. The number of rotatable bonds is 6. The van der Waals surface area contributed by atoms with E-state index in [0.717, 1.165) is 11.1 Å². The van der Waals surface area contributed by atoms with E-state index in [9.17, 15) is 8.42 Å². The third-order valence-electron chi connectivity index (χ3n) is 4.37. The van der Waals surface area contributed by atoms with E-state index in [1.807, 2.05) is 66.7 Å². The normalized spacial score (nSPS) is 13.9. The van der Waals surface area contributed by atoms with Crippen LogP contribution in [0.1, 0.15) is 30.2 Å². The highest BCUT2D eigenvalue weighted by Crippen LogP contribution is 2.29. The summed E-state index contributed by atoms with van der Waals surface area (Å²) >= 11 is 0. The van der Waals surface area contributed by atoms with Crippen LogP contribution in [0.15, 0.2) is 89.8 Å². The second-order valence-corrected chi connectivity index (χ2v) is 7.89. The third-order valence-corrected chi connectivity index (χ3v) is 5.97. The van der Waals surface area contributed by atoms with Gasteiger partial charge in [-0.25, -0.2) is 13.1 Å². The topological polar surface area (TPSA) is 72.2 Å². The number of aryl methyl sites for hydroxylation is 1. The van der Waals surface area contributed by atoms with Gasteiger partial charge in [-0.15, -0.1) is 0 Å². The van der Waals surface area contributed by atoms with Crippen molar-refractivity contribution in [2.45, 2.75) is 23.9 Å². The Morgan fingerprint density at radius 2 is 1.31 bits per heavy atom. The van der Waals surface area contributed by atoms with Crippen molar-refractivity contribution in [1.82, 2.24) is 4.72 Å². The van der Waals surface area contributed by atoms with Crippen LogP contribution in [0.2, 0.25) is 0 Å². The maximum Gasteiger partial charge on any atom is 0.241 e. The second kappa shape index (κ2) is 7.83. The standard InChI is InChI=1S/C21H22N2O2S.H2/c1-16-10-8-9-15-19(16)26(24,25)23-21(18-13-6-3-7-14-18)20(22)17-11-4-2-5-12-17;/h2-15,20-21,23H,22H2,1H3;1H/t20-,21-;/m1./s1. The number of benzene rings is 3. The molecule has 3 aromatic carbocycles. The summed E-state index contributed by atoms with van der Waals surface area (Å²) in [6.45, 7) is 1.78. The number of nitrogens with two attached hydrogens (primary N) is 1. The molecule has 5 heteroatoms. The molecule has 26 heavy (non-hydrogen) atoms. The van der Waals surface area contributed by atoms with E-state index in [2.05, 4.69) is 4.72 Å². The molecule has 0 bridgehead atoms. The largest absolute Gasteiger partial charge is 0.322 e. The van der Waals surface area contributed by atoms with Gasteiger partial charge in [-0.3, -0.25) is 0 Å². The summed E-state index contributed by atoms with van der Waals surface area (Å²) in [7, 11) is -3.72. The molecule has 4 nitrogen and oxygen atoms in total. The SMILES string of the molecule is Cc1ccccc1S(=O)(=O)N[C@H](c1ccccc1)[C@H](N)c1ccccc1.[HH]. The van der Waals surface area contributed by atoms with Gasteiger partial charge in [-0.1, -0.05) is 78.9 Å². The highest BCUT2D eigenvalue weighted by Gasteiger charge is 2.28. The maximum atomic E-state index is 13.0. The number of hydrogen-bond acceptors (Lipinski definition) is 3. The lowest BCUT2D eigenvalue weighted by Crippen LogP contribution is -2.36. The van der Waals surface area contributed by atoms with Crippen molar-refractivity contribution in [2.75, 3.05) is 0 Å². The van der Waals surface area contributed by atoms with Crippen molar-refractivity contribution < 1.29 is 9.84 Å². The van der Waals surface area contributed by atoms with E-state index in [-0.39, 0.29) is 6.32 Å². The van der Waals surface area contributed by atoms with Crippen LogP contribution in [0.25, 0.3) is 0 Å². The minimum Gasteiger partial charge on any atom is -0.322 e. The molecule has 3 rings (SSSR count). The van der Waals surface area contributed by atoms with E-state index >= 15 is 0 Å². The van der Waals surface area contributed by atoms with Gasteiger partial charge in [0.05, 0.1) is 17.0 Å². The molecular weight excluding hydrogens is 344 g/mol. The molecule has 0 saturated carbocycles. The molecule has 0 radical (unpaired) electrons. The van der Waals surface area contributed by atoms with Crippen molar-refractivity contribution >= 4 is 10.0 Å². The molecule has 3 N–H and O–H groups in total. The van der Waals surface area contributed by atoms with Gasteiger partial charge < -0.3 is 5.73 Å². The summed E-state index contributed by atoms with van der Waals surface area (Å²) < 4.78 is 28.8. The van der Waals surface area contributed by atoms with Crippen molar-refractivity contribution in [2.24, 2.45) is 5.73 Å². The quantitative estimate of drug-likeness (QED) is 0.692. The highest BCUT2D eigenvalue weighted by molar-refractivity contribution is 7.89. The maximum absolute atomic E-state index is 13.0. The number of nitrogens with one attached hydrogen (secondary N) is 1. The Hall–Kier alpha value is -2.47. The minimum atomic E-state index is -3.72. The van der Waals surface area contributed by atoms with Gasteiger partial charge in [0.2, 0.25) is 10.0 Å². The van der Waals surface area contributed by atoms with Gasteiger partial charge in [0, 0.05) is 1.43 Å². The van der Waals surface area contributed by atoms with Gasteiger partial charge in [0.1, 0.15) is 0 Å². The van der Waals surface area contributed by atoms with Crippen LogP contribution in [-0.4, -0.2) is 8.42 Å². The van der Waals surface area contributed by atoms with E-state index in [4.69, 9.17) is 5.73 Å². The van der Waals surface area contributed by atoms with E-state index in [1.54, 1.807) is 25.1 Å². The molecule has 0 amide bonds. The van der Waals surface area contributed by atoms with Crippen LogP contribution < -0.4 is 10.5 Å². The number of sulfonamides is 1. The fraction of sp³-hybridized carbons (Fsp3) is 0.143. The molecule has 0 aromatic heterocycles. The zero-order valence-electron chi connectivity index (χ0n) is 14.5. The van der Waals surface area contributed by atoms with Crippen LogP contribution in [0, 0.1) is 6.92 Å². The van der Waals surface area contributed by atoms with Crippen LogP contribution >= 0.6 is 0 Å². The molecule has 0 unspecified atom stereocenters. The fourth-order valence-corrected chi connectivity index (χ4v) is 4.46. The van der Waals surface area contributed by atoms with Crippen LogP contribution in [0.3, 0.4) is 0 Å². The van der Waals surface area contributed by atoms with Crippen LogP contribution in [0.4, 0.5) is 0 Å². The van der Waals surface area contributed by atoms with Gasteiger partial charge >= 0.3 is 0 Å². The Kier molecular flexibility index (Phi) is 5.52. The summed E-state index contributed by atoms with van der Waals surface area (Å²) in [5, 5.41) is 0. The van der Waals surface area contributed by atoms with Crippen molar-refractivity contribution in [3.63, 3.8) is 0 Å². The molecule has 0 saturated heterocycles. The lowest BCUT2D eigenvalue weighted by atomic mass is 9.95. The van der Waals surface area contributed by atoms with Gasteiger partial charge in [-0.05, 0) is 29.7 Å². The Bertz CT molecular complexity index is 964. The monoisotopic (exact) mass is 368 g/mol. The Morgan fingerprint density at radius 1 is 0.808 bits per heavy atom. The molecule has 3 aromatic rings. The van der Waals surface area contributed by atoms with Gasteiger partial charge in [-0.2, -0.15) is 0 Å². The Morgan fingerprint density at radius 3 is 1.88 bits per heavy atom. The zero-order chi connectivity index (χ0) is 18.6. The highest BCUT2D eigenvalue weighted by atomic mass is 32.2.